The van der Waals surface area contributed by atoms with E-state index in [1.54, 1.807) is 10.7 Å². The third-order valence-electron chi connectivity index (χ3n) is 4.48. The van der Waals surface area contributed by atoms with E-state index in [1.165, 1.54) is 17.6 Å². The molecular formula is C17H26BNSi. The Hall–Kier alpha value is -1.22. The third kappa shape index (κ3) is 2.28. The van der Waals surface area contributed by atoms with Crippen LogP contribution in [0.15, 0.2) is 53.2 Å². The van der Waals surface area contributed by atoms with E-state index in [4.69, 9.17) is 0 Å². The van der Waals surface area contributed by atoms with Gasteiger partial charge in [0, 0.05) is 5.69 Å². The molecule has 20 heavy (non-hydrogen) atoms. The average molecular weight is 283 g/mol. The van der Waals surface area contributed by atoms with Gasteiger partial charge in [-0.3, -0.25) is 0 Å². The Bertz CT molecular complexity index is 533. The molecule has 1 aromatic carbocycles. The molecule has 106 valence electrons. The zero-order valence-corrected chi connectivity index (χ0v) is 14.5. The van der Waals surface area contributed by atoms with Crippen LogP contribution in [0.3, 0.4) is 0 Å². The predicted octanol–water partition coefficient (Wildman–Crippen LogP) is 5.08. The molecule has 0 amide bonds. The largest absolute Gasteiger partial charge is 0.435 e. The maximum absolute atomic E-state index is 4.28. The molecular weight excluding hydrogens is 257 g/mol. The van der Waals surface area contributed by atoms with Crippen LogP contribution in [0.1, 0.15) is 27.2 Å². The Labute approximate surface area is 125 Å². The zero-order valence-electron chi connectivity index (χ0n) is 13.5. The van der Waals surface area contributed by atoms with Crippen molar-refractivity contribution < 1.29 is 0 Å². The van der Waals surface area contributed by atoms with Gasteiger partial charge in [-0.25, -0.2) is 0 Å². The topological polar surface area (TPSA) is 3.24 Å². The van der Waals surface area contributed by atoms with Gasteiger partial charge < -0.3 is 4.48 Å². The van der Waals surface area contributed by atoms with E-state index in [0.29, 0.717) is 6.85 Å². The summed E-state index contributed by atoms with van der Waals surface area (Å²) in [6.45, 7) is 16.5. The molecule has 1 aromatic rings. The number of benzene rings is 1. The molecule has 0 spiro atoms. The van der Waals surface area contributed by atoms with E-state index >= 15 is 0 Å². The maximum Gasteiger partial charge on any atom is 0.276 e. The van der Waals surface area contributed by atoms with E-state index in [1.807, 2.05) is 0 Å². The molecule has 1 aliphatic rings. The van der Waals surface area contributed by atoms with Crippen molar-refractivity contribution >= 4 is 20.8 Å². The van der Waals surface area contributed by atoms with Crippen LogP contribution in [0.25, 0.3) is 0 Å². The number of nitrogens with zero attached hydrogens (tertiary/aromatic N) is 1. The van der Waals surface area contributed by atoms with E-state index in [2.05, 4.69) is 75.3 Å². The van der Waals surface area contributed by atoms with Gasteiger partial charge >= 0.3 is 0 Å². The van der Waals surface area contributed by atoms with Crippen LogP contribution in [0.2, 0.25) is 19.4 Å². The van der Waals surface area contributed by atoms with Gasteiger partial charge in [0.1, 0.15) is 0 Å². The molecule has 0 atom stereocenters. The first-order valence-corrected chi connectivity index (χ1v) is 10.6. The molecule has 2 rings (SSSR count). The van der Waals surface area contributed by atoms with Crippen molar-refractivity contribution in [3.05, 3.63) is 53.2 Å². The highest BCUT2D eigenvalue weighted by Crippen LogP contribution is 2.42. The van der Waals surface area contributed by atoms with Gasteiger partial charge in [-0.05, 0) is 43.8 Å². The Morgan fingerprint density at radius 3 is 2.25 bits per heavy atom. The second kappa shape index (κ2) is 5.65. The lowest BCUT2D eigenvalue weighted by Gasteiger charge is -2.38. The molecule has 0 bridgehead atoms. The van der Waals surface area contributed by atoms with Gasteiger partial charge in [-0.15, -0.1) is 0 Å². The monoisotopic (exact) mass is 283 g/mol. The Morgan fingerprint density at radius 1 is 1.20 bits per heavy atom. The second-order valence-electron chi connectivity index (χ2n) is 6.22. The zero-order chi connectivity index (χ0) is 14.9. The standard InChI is InChI=1S/C17H26BNSi/c1-7-16-17(14(3)4)20(5,6)19(18(16)8-2)15-12-10-9-11-13-15/h9-13H,3,7-8H2,1-2,4-6H3. The lowest BCUT2D eigenvalue weighted by atomic mass is 9.52. The van der Waals surface area contributed by atoms with E-state index in [-0.39, 0.29) is 0 Å². The van der Waals surface area contributed by atoms with E-state index < -0.39 is 8.24 Å². The number of anilines is 1. The van der Waals surface area contributed by atoms with Gasteiger partial charge in [-0.2, -0.15) is 0 Å². The number of para-hydroxylation sites is 1. The average Bonchev–Trinajstić information content (AvgIpc) is 2.65. The first-order chi connectivity index (χ1) is 9.45. The van der Waals surface area contributed by atoms with Crippen molar-refractivity contribution in [3.8, 4) is 0 Å². The van der Waals surface area contributed by atoms with E-state index in [0.717, 1.165) is 6.42 Å². The smallest absolute Gasteiger partial charge is 0.276 e. The second-order valence-corrected chi connectivity index (χ2v) is 10.3. The van der Waals surface area contributed by atoms with Crippen LogP contribution in [0.5, 0.6) is 0 Å². The quantitative estimate of drug-likeness (QED) is 0.696. The summed E-state index contributed by atoms with van der Waals surface area (Å²) in [5.41, 5.74) is 4.27. The van der Waals surface area contributed by atoms with Gasteiger partial charge in [0.15, 0.2) is 8.24 Å². The molecule has 1 heterocycles. The number of allylic oxidation sites excluding steroid dienone is 3. The fourth-order valence-electron chi connectivity index (χ4n) is 3.95. The predicted molar refractivity (Wildman–Crippen MR) is 94.8 cm³/mol. The first kappa shape index (κ1) is 15.2. The number of hydrogen-bond acceptors (Lipinski definition) is 1. The van der Waals surface area contributed by atoms with Crippen LogP contribution in [-0.4, -0.2) is 15.1 Å². The molecule has 0 saturated carbocycles. The molecule has 0 aliphatic carbocycles. The minimum Gasteiger partial charge on any atom is -0.435 e. The molecule has 1 aliphatic heterocycles. The van der Waals surface area contributed by atoms with Crippen molar-refractivity contribution in [2.24, 2.45) is 0 Å². The van der Waals surface area contributed by atoms with Gasteiger partial charge in [0.2, 0.25) is 0 Å². The van der Waals surface area contributed by atoms with Crippen molar-refractivity contribution in [2.45, 2.75) is 46.6 Å². The molecule has 0 N–H and O–H groups in total. The number of rotatable bonds is 4. The molecule has 0 fully saturated rings. The third-order valence-corrected chi connectivity index (χ3v) is 8.22. The van der Waals surface area contributed by atoms with E-state index in [9.17, 15) is 0 Å². The normalized spacial score (nSPS) is 17.9. The van der Waals surface area contributed by atoms with Gasteiger partial charge in [0.05, 0.1) is 0 Å². The summed E-state index contributed by atoms with van der Waals surface area (Å²) in [7, 11) is -1.66. The van der Waals surface area contributed by atoms with Crippen molar-refractivity contribution in [1.82, 2.24) is 0 Å². The summed E-state index contributed by atoms with van der Waals surface area (Å²) in [6.07, 6.45) is 2.31. The molecule has 1 nitrogen and oxygen atoms in total. The Balaban J connectivity index is 2.59. The van der Waals surface area contributed by atoms with Crippen molar-refractivity contribution in [3.63, 3.8) is 0 Å². The Kier molecular flexibility index (Phi) is 4.28. The molecule has 0 unspecified atom stereocenters. The number of hydrogen-bond donors (Lipinski definition) is 0. The van der Waals surface area contributed by atoms with Gasteiger partial charge in [0.25, 0.3) is 6.85 Å². The maximum atomic E-state index is 4.28. The molecule has 0 saturated heterocycles. The minimum absolute atomic E-state index is 0.552. The van der Waals surface area contributed by atoms with Crippen LogP contribution >= 0.6 is 0 Å². The summed E-state index contributed by atoms with van der Waals surface area (Å²) in [6, 6.07) is 10.9. The van der Waals surface area contributed by atoms with Gasteiger partial charge in [-0.1, -0.05) is 56.0 Å². The summed E-state index contributed by atoms with van der Waals surface area (Å²) in [5, 5.41) is 1.59. The SMILES string of the molecule is C=C(C)C1=C(CC)B(CC)N(c2ccccc2)[Si]1(C)C. The van der Waals surface area contributed by atoms with Crippen molar-refractivity contribution in [1.29, 1.82) is 0 Å². The summed E-state index contributed by atoms with van der Waals surface area (Å²) in [5.74, 6) is 0. The Morgan fingerprint density at radius 2 is 1.80 bits per heavy atom. The fourth-order valence-corrected chi connectivity index (χ4v) is 8.28. The lowest BCUT2D eigenvalue weighted by Crippen LogP contribution is -2.52. The first-order valence-electron chi connectivity index (χ1n) is 7.68. The van der Waals surface area contributed by atoms with Crippen molar-refractivity contribution in [2.75, 3.05) is 4.48 Å². The molecule has 0 aromatic heterocycles. The van der Waals surface area contributed by atoms with Crippen LogP contribution < -0.4 is 4.48 Å². The highest BCUT2D eigenvalue weighted by Gasteiger charge is 2.48. The highest BCUT2D eigenvalue weighted by molar-refractivity contribution is 7.04. The molecule has 3 heteroatoms. The fraction of sp³-hybridized carbons (Fsp3) is 0.412. The van der Waals surface area contributed by atoms with Crippen LogP contribution in [-0.2, 0) is 0 Å². The van der Waals surface area contributed by atoms with Crippen LogP contribution in [0, 0.1) is 0 Å². The summed E-state index contributed by atoms with van der Waals surface area (Å²) in [4.78, 5) is 0. The lowest BCUT2D eigenvalue weighted by molar-refractivity contribution is 1.16. The summed E-state index contributed by atoms with van der Waals surface area (Å²) < 4.78 is 2.72. The van der Waals surface area contributed by atoms with Crippen LogP contribution in [0.4, 0.5) is 5.69 Å². The molecule has 0 radical (unpaired) electrons. The highest BCUT2D eigenvalue weighted by atomic mass is 28.3. The minimum atomic E-state index is -1.66. The summed E-state index contributed by atoms with van der Waals surface area (Å²) >= 11 is 0.